The molecule has 1 aliphatic rings. The second-order valence-electron chi connectivity index (χ2n) is 6.73. The molecule has 2 aromatic rings. The van der Waals surface area contributed by atoms with Crippen LogP contribution in [0.2, 0.25) is 0 Å². The third-order valence-electron chi connectivity index (χ3n) is 4.88. The summed E-state index contributed by atoms with van der Waals surface area (Å²) < 4.78 is 28.3. The van der Waals surface area contributed by atoms with Crippen molar-refractivity contribution in [2.24, 2.45) is 0 Å². The molecule has 7 heteroatoms. The van der Waals surface area contributed by atoms with E-state index in [0.717, 1.165) is 11.6 Å². The van der Waals surface area contributed by atoms with Gasteiger partial charge in [0.05, 0.1) is 6.33 Å². The lowest BCUT2D eigenvalue weighted by Crippen LogP contribution is -2.54. The Kier molecular flexibility index (Phi) is 4.85. The van der Waals surface area contributed by atoms with Crippen LogP contribution in [0.15, 0.2) is 36.9 Å². The number of likely N-dealkylation sites (tertiary alicyclic amines) is 1. The number of piperidine rings is 1. The summed E-state index contributed by atoms with van der Waals surface area (Å²) in [6, 6.07) is 3.99. The van der Waals surface area contributed by atoms with Crippen molar-refractivity contribution in [1.29, 1.82) is 0 Å². The summed E-state index contributed by atoms with van der Waals surface area (Å²) in [7, 11) is 3.52. The molecule has 134 valence electrons. The van der Waals surface area contributed by atoms with Gasteiger partial charge in [0.15, 0.2) is 11.6 Å². The first-order valence-corrected chi connectivity index (χ1v) is 8.29. The van der Waals surface area contributed by atoms with Gasteiger partial charge in [-0.05, 0) is 30.5 Å². The summed E-state index contributed by atoms with van der Waals surface area (Å²) in [4.78, 5) is 20.7. The van der Waals surface area contributed by atoms with Crippen molar-refractivity contribution in [1.82, 2.24) is 19.4 Å². The van der Waals surface area contributed by atoms with E-state index in [1.807, 2.05) is 10.8 Å². The van der Waals surface area contributed by atoms with Crippen LogP contribution in [-0.2, 0) is 16.9 Å². The molecule has 0 bridgehead atoms. The number of carbonyl (C=O) groups excluding carboxylic acids is 1. The maximum Gasteiger partial charge on any atom is 0.248 e. The number of hydrogen-bond acceptors (Lipinski definition) is 3. The fourth-order valence-electron chi connectivity index (χ4n) is 3.49. The van der Waals surface area contributed by atoms with Gasteiger partial charge in [0, 0.05) is 46.1 Å². The van der Waals surface area contributed by atoms with E-state index in [1.165, 1.54) is 6.07 Å². The van der Waals surface area contributed by atoms with E-state index in [9.17, 15) is 13.6 Å². The van der Waals surface area contributed by atoms with Crippen LogP contribution in [0, 0.1) is 11.6 Å². The van der Waals surface area contributed by atoms with Crippen LogP contribution in [0.3, 0.4) is 0 Å². The first kappa shape index (κ1) is 17.5. The van der Waals surface area contributed by atoms with E-state index in [1.54, 1.807) is 37.6 Å². The normalized spacial score (nSPS) is 17.4. The Hall–Kier alpha value is -2.28. The molecular formula is C18H22F2N4O. The second kappa shape index (κ2) is 6.92. The Balaban J connectivity index is 1.74. The van der Waals surface area contributed by atoms with Crippen LogP contribution in [-0.4, -0.2) is 52.4 Å². The summed E-state index contributed by atoms with van der Waals surface area (Å²) in [5.41, 5.74) is 0.0952. The number of likely N-dealkylation sites (N-methyl/N-ethyl adjacent to an activating group) is 1. The van der Waals surface area contributed by atoms with Crippen LogP contribution >= 0.6 is 0 Å². The number of rotatable bonds is 4. The zero-order valence-corrected chi connectivity index (χ0v) is 14.5. The van der Waals surface area contributed by atoms with Crippen LogP contribution in [0.25, 0.3) is 0 Å². The number of aromatic nitrogens is 2. The average molecular weight is 348 g/mol. The van der Waals surface area contributed by atoms with Gasteiger partial charge >= 0.3 is 0 Å². The molecule has 0 N–H and O–H groups in total. The Morgan fingerprint density at radius 3 is 2.52 bits per heavy atom. The van der Waals surface area contributed by atoms with Gasteiger partial charge in [-0.1, -0.05) is 6.07 Å². The van der Waals surface area contributed by atoms with Crippen LogP contribution < -0.4 is 0 Å². The molecule has 3 rings (SSSR count). The third kappa shape index (κ3) is 3.42. The highest BCUT2D eigenvalue weighted by atomic mass is 19.2. The molecule has 0 aliphatic carbocycles. The number of halogens is 2. The summed E-state index contributed by atoms with van der Waals surface area (Å²) >= 11 is 0. The average Bonchev–Trinajstić information content (AvgIpc) is 3.13. The van der Waals surface area contributed by atoms with E-state index in [4.69, 9.17) is 0 Å². The predicted molar refractivity (Wildman–Crippen MR) is 89.8 cm³/mol. The highest BCUT2D eigenvalue weighted by Crippen LogP contribution is 2.32. The molecule has 1 aromatic heterocycles. The first-order chi connectivity index (χ1) is 11.9. The second-order valence-corrected chi connectivity index (χ2v) is 6.73. The summed E-state index contributed by atoms with van der Waals surface area (Å²) in [6.45, 7) is 1.92. The molecule has 2 heterocycles. The van der Waals surface area contributed by atoms with E-state index in [-0.39, 0.29) is 5.91 Å². The molecule has 0 spiro atoms. The Morgan fingerprint density at radius 1 is 1.24 bits per heavy atom. The molecule has 5 nitrogen and oxygen atoms in total. The monoisotopic (exact) mass is 348 g/mol. The summed E-state index contributed by atoms with van der Waals surface area (Å²) in [5, 5.41) is 0. The van der Waals surface area contributed by atoms with Crippen molar-refractivity contribution in [2.45, 2.75) is 24.9 Å². The summed E-state index contributed by atoms with van der Waals surface area (Å²) in [5.74, 6) is -1.61. The number of carbonyl (C=O) groups is 1. The largest absolute Gasteiger partial charge is 0.347 e. The van der Waals surface area contributed by atoms with Crippen molar-refractivity contribution in [3.05, 3.63) is 54.1 Å². The number of benzene rings is 1. The maximum atomic E-state index is 13.4. The van der Waals surface area contributed by atoms with Gasteiger partial charge < -0.3 is 9.47 Å². The smallest absolute Gasteiger partial charge is 0.248 e. The molecule has 1 aliphatic heterocycles. The lowest BCUT2D eigenvalue weighted by Gasteiger charge is -2.42. The van der Waals surface area contributed by atoms with Gasteiger partial charge in [-0.15, -0.1) is 0 Å². The minimum Gasteiger partial charge on any atom is -0.347 e. The quantitative estimate of drug-likeness (QED) is 0.851. The molecule has 1 fully saturated rings. The molecule has 1 saturated heterocycles. The van der Waals surface area contributed by atoms with Crippen LogP contribution in [0.1, 0.15) is 18.4 Å². The zero-order chi connectivity index (χ0) is 18.0. The van der Waals surface area contributed by atoms with Crippen molar-refractivity contribution in [2.75, 3.05) is 27.2 Å². The topological polar surface area (TPSA) is 41.4 Å². The number of nitrogens with zero attached hydrogens (tertiary/aromatic N) is 4. The standard InChI is InChI=1S/C18H22F2N4O/c1-22(2)17(25)18(24-10-7-21-13-24)5-8-23(9-6-18)12-14-3-4-15(19)16(20)11-14/h3-4,7,10-11,13H,5-6,8-9,12H2,1-2H3. The fourth-order valence-corrected chi connectivity index (χ4v) is 3.49. The van der Waals surface area contributed by atoms with Gasteiger partial charge in [0.25, 0.3) is 0 Å². The zero-order valence-electron chi connectivity index (χ0n) is 14.5. The number of imidazole rings is 1. The van der Waals surface area contributed by atoms with Crippen LogP contribution in [0.5, 0.6) is 0 Å². The number of amides is 1. The van der Waals surface area contributed by atoms with Gasteiger partial charge in [-0.2, -0.15) is 0 Å². The van der Waals surface area contributed by atoms with Gasteiger partial charge in [0.1, 0.15) is 5.54 Å². The molecular weight excluding hydrogens is 326 g/mol. The maximum absolute atomic E-state index is 13.4. The number of hydrogen-bond donors (Lipinski definition) is 0. The van der Waals surface area contributed by atoms with E-state index >= 15 is 0 Å². The molecule has 1 aromatic carbocycles. The van der Waals surface area contributed by atoms with Gasteiger partial charge in [0.2, 0.25) is 5.91 Å². The lowest BCUT2D eigenvalue weighted by atomic mass is 9.85. The molecule has 1 amide bonds. The van der Waals surface area contributed by atoms with E-state index in [2.05, 4.69) is 9.88 Å². The molecule has 0 saturated carbocycles. The van der Waals surface area contributed by atoms with Crippen molar-refractivity contribution in [3.63, 3.8) is 0 Å². The fraction of sp³-hybridized carbons (Fsp3) is 0.444. The minimum atomic E-state index is -0.835. The van der Waals surface area contributed by atoms with Crippen molar-refractivity contribution >= 4 is 5.91 Å². The molecule has 0 radical (unpaired) electrons. The highest BCUT2D eigenvalue weighted by Gasteiger charge is 2.43. The molecule has 0 atom stereocenters. The minimum absolute atomic E-state index is 0.0537. The van der Waals surface area contributed by atoms with Gasteiger partial charge in [-0.3, -0.25) is 9.69 Å². The summed E-state index contributed by atoms with van der Waals surface area (Å²) in [6.07, 6.45) is 6.48. The Labute approximate surface area is 145 Å². The van der Waals surface area contributed by atoms with E-state index < -0.39 is 17.2 Å². The highest BCUT2D eigenvalue weighted by molar-refractivity contribution is 5.84. The van der Waals surface area contributed by atoms with Crippen LogP contribution in [0.4, 0.5) is 8.78 Å². The van der Waals surface area contributed by atoms with E-state index in [0.29, 0.717) is 32.5 Å². The predicted octanol–water partition coefficient (Wildman–Crippen LogP) is 2.24. The Bertz CT molecular complexity index is 738. The van der Waals surface area contributed by atoms with Crippen molar-refractivity contribution in [3.8, 4) is 0 Å². The molecule has 25 heavy (non-hydrogen) atoms. The van der Waals surface area contributed by atoms with Gasteiger partial charge in [-0.25, -0.2) is 13.8 Å². The third-order valence-corrected chi connectivity index (χ3v) is 4.88. The Morgan fingerprint density at radius 2 is 1.96 bits per heavy atom. The molecule has 0 unspecified atom stereocenters. The lowest BCUT2D eigenvalue weighted by molar-refractivity contribution is -0.141. The van der Waals surface area contributed by atoms with Crippen molar-refractivity contribution < 1.29 is 13.6 Å². The SMILES string of the molecule is CN(C)C(=O)C1(n2ccnc2)CCN(Cc2ccc(F)c(F)c2)CC1. The first-order valence-electron chi connectivity index (χ1n) is 8.29.